The van der Waals surface area contributed by atoms with E-state index in [1.54, 1.807) is 0 Å². The summed E-state index contributed by atoms with van der Waals surface area (Å²) in [6.45, 7) is 8.22. The highest BCUT2D eigenvalue weighted by molar-refractivity contribution is 8.00. The van der Waals surface area contributed by atoms with Gasteiger partial charge in [0.05, 0.1) is 5.25 Å². The molecule has 0 saturated heterocycles. The molecule has 2 rings (SSSR count). The number of anilines is 1. The molecule has 0 aromatic heterocycles. The van der Waals surface area contributed by atoms with E-state index in [1.165, 1.54) is 17.3 Å². The van der Waals surface area contributed by atoms with Gasteiger partial charge >= 0.3 is 0 Å². The zero-order valence-corrected chi connectivity index (χ0v) is 15.5. The van der Waals surface area contributed by atoms with E-state index in [0.29, 0.717) is 10.9 Å². The molecule has 122 valence electrons. The second-order valence-electron chi connectivity index (χ2n) is 5.90. The Morgan fingerprint density at radius 3 is 2.35 bits per heavy atom. The van der Waals surface area contributed by atoms with Gasteiger partial charge in [-0.25, -0.2) is 0 Å². The van der Waals surface area contributed by atoms with Crippen LogP contribution >= 0.6 is 23.4 Å². The van der Waals surface area contributed by atoms with Gasteiger partial charge in [0.1, 0.15) is 0 Å². The van der Waals surface area contributed by atoms with Gasteiger partial charge in [0.15, 0.2) is 0 Å². The molecule has 0 radical (unpaired) electrons. The highest BCUT2D eigenvalue weighted by Crippen LogP contribution is 2.30. The van der Waals surface area contributed by atoms with Crippen molar-refractivity contribution in [2.45, 2.75) is 43.8 Å². The fourth-order valence-corrected chi connectivity index (χ4v) is 3.33. The monoisotopic (exact) mass is 347 g/mol. The first-order valence-corrected chi connectivity index (χ1v) is 8.97. The Bertz CT molecular complexity index is 682. The Balaban J connectivity index is 2.11. The molecule has 0 heterocycles. The van der Waals surface area contributed by atoms with E-state index < -0.39 is 0 Å². The van der Waals surface area contributed by atoms with Crippen LogP contribution in [0.5, 0.6) is 0 Å². The van der Waals surface area contributed by atoms with Crippen molar-refractivity contribution in [1.29, 1.82) is 0 Å². The van der Waals surface area contributed by atoms with E-state index in [1.807, 2.05) is 50.2 Å². The first-order chi connectivity index (χ1) is 10.9. The fraction of sp³-hybridized carbons (Fsp3) is 0.316. The number of rotatable bonds is 5. The highest BCUT2D eigenvalue weighted by Gasteiger charge is 2.18. The maximum atomic E-state index is 12.6. The van der Waals surface area contributed by atoms with Crippen LogP contribution in [-0.4, -0.2) is 11.2 Å². The van der Waals surface area contributed by atoms with Crippen molar-refractivity contribution < 1.29 is 4.79 Å². The van der Waals surface area contributed by atoms with Gasteiger partial charge in [0, 0.05) is 15.6 Å². The second kappa shape index (κ2) is 7.89. The van der Waals surface area contributed by atoms with Crippen molar-refractivity contribution in [2.75, 3.05) is 5.32 Å². The number of thioether (sulfide) groups is 1. The molecule has 2 nitrogen and oxygen atoms in total. The predicted octanol–water partition coefficient (Wildman–Crippen LogP) is 5.89. The van der Waals surface area contributed by atoms with Crippen LogP contribution in [0.15, 0.2) is 47.4 Å². The van der Waals surface area contributed by atoms with Gasteiger partial charge in [0.25, 0.3) is 0 Å². The number of halogens is 1. The number of aryl methyl sites for hydroxylation is 1. The Hall–Kier alpha value is -1.45. The molecule has 0 aliphatic rings. The van der Waals surface area contributed by atoms with Gasteiger partial charge in [-0.1, -0.05) is 43.6 Å². The third-order valence-corrected chi connectivity index (χ3v) is 5.03. The van der Waals surface area contributed by atoms with E-state index in [2.05, 4.69) is 25.2 Å². The normalized spacial score (nSPS) is 12.3. The third-order valence-electron chi connectivity index (χ3n) is 3.67. The molecule has 0 aliphatic carbocycles. The zero-order valence-electron chi connectivity index (χ0n) is 13.9. The zero-order chi connectivity index (χ0) is 17.0. The number of nitrogens with one attached hydrogen (secondary N) is 1. The van der Waals surface area contributed by atoms with E-state index in [9.17, 15) is 4.79 Å². The summed E-state index contributed by atoms with van der Waals surface area (Å²) in [6, 6.07) is 13.7. The quantitative estimate of drug-likeness (QED) is 0.683. The number of carbonyl (C=O) groups is 1. The molecule has 0 saturated carbocycles. The van der Waals surface area contributed by atoms with E-state index in [4.69, 9.17) is 11.6 Å². The molecule has 1 amide bonds. The van der Waals surface area contributed by atoms with Gasteiger partial charge in [-0.15, -0.1) is 11.8 Å². The molecular weight excluding hydrogens is 326 g/mol. The number of hydrogen-bond donors (Lipinski definition) is 1. The number of benzene rings is 2. The number of amides is 1. The molecule has 0 spiro atoms. The summed E-state index contributed by atoms with van der Waals surface area (Å²) in [6.07, 6.45) is 0. The van der Waals surface area contributed by atoms with Crippen molar-refractivity contribution >= 4 is 35.0 Å². The average Bonchev–Trinajstić information content (AvgIpc) is 2.51. The van der Waals surface area contributed by atoms with E-state index in [0.717, 1.165) is 16.1 Å². The van der Waals surface area contributed by atoms with Gasteiger partial charge in [-0.3, -0.25) is 4.79 Å². The standard InChI is InChI=1S/C19H22ClNOS/c1-12(2)17-7-5-6-13(3)18(17)21-19(22)14(4)23-16-10-8-15(20)9-11-16/h5-12,14H,1-4H3,(H,21,22)/t14-/m1/s1. The van der Waals surface area contributed by atoms with Crippen LogP contribution in [0.1, 0.15) is 37.8 Å². The van der Waals surface area contributed by atoms with Crippen molar-refractivity contribution in [2.24, 2.45) is 0 Å². The fourth-order valence-electron chi connectivity index (χ4n) is 2.34. The lowest BCUT2D eigenvalue weighted by Gasteiger charge is -2.18. The van der Waals surface area contributed by atoms with Crippen LogP contribution in [0, 0.1) is 6.92 Å². The summed E-state index contributed by atoms with van der Waals surface area (Å²) in [4.78, 5) is 13.6. The molecule has 23 heavy (non-hydrogen) atoms. The number of carbonyl (C=O) groups excluding carboxylic acids is 1. The van der Waals surface area contributed by atoms with Crippen LogP contribution in [0.2, 0.25) is 5.02 Å². The highest BCUT2D eigenvalue weighted by atomic mass is 35.5. The number of hydrogen-bond acceptors (Lipinski definition) is 2. The molecule has 1 atom stereocenters. The third kappa shape index (κ3) is 4.76. The lowest BCUT2D eigenvalue weighted by Crippen LogP contribution is -2.23. The molecular formula is C19H22ClNOS. The Labute approximate surface area is 147 Å². The van der Waals surface area contributed by atoms with Gasteiger partial charge in [0.2, 0.25) is 5.91 Å². The predicted molar refractivity (Wildman–Crippen MR) is 101 cm³/mol. The van der Waals surface area contributed by atoms with Crippen molar-refractivity contribution in [3.05, 3.63) is 58.6 Å². The summed E-state index contributed by atoms with van der Waals surface area (Å²) in [5, 5.41) is 3.62. The maximum Gasteiger partial charge on any atom is 0.237 e. The topological polar surface area (TPSA) is 29.1 Å². The lowest BCUT2D eigenvalue weighted by atomic mass is 9.98. The second-order valence-corrected chi connectivity index (χ2v) is 7.75. The Morgan fingerprint density at radius 1 is 1.09 bits per heavy atom. The molecule has 0 fully saturated rings. The van der Waals surface area contributed by atoms with Crippen LogP contribution in [0.25, 0.3) is 0 Å². The SMILES string of the molecule is Cc1cccc(C(C)C)c1NC(=O)[C@@H](C)Sc1ccc(Cl)cc1. The molecule has 2 aromatic rings. The summed E-state index contributed by atoms with van der Waals surface area (Å²) in [7, 11) is 0. The summed E-state index contributed by atoms with van der Waals surface area (Å²) in [5.74, 6) is 0.380. The minimum Gasteiger partial charge on any atom is -0.325 e. The van der Waals surface area contributed by atoms with Crippen LogP contribution in [-0.2, 0) is 4.79 Å². The Morgan fingerprint density at radius 2 is 1.74 bits per heavy atom. The maximum absolute atomic E-state index is 12.6. The number of para-hydroxylation sites is 1. The Kier molecular flexibility index (Phi) is 6.14. The van der Waals surface area contributed by atoms with Crippen molar-refractivity contribution in [3.63, 3.8) is 0 Å². The first kappa shape index (κ1) is 17.9. The van der Waals surface area contributed by atoms with E-state index in [-0.39, 0.29) is 11.2 Å². The van der Waals surface area contributed by atoms with Crippen LogP contribution in [0.3, 0.4) is 0 Å². The summed E-state index contributed by atoms with van der Waals surface area (Å²) >= 11 is 7.42. The van der Waals surface area contributed by atoms with Crippen LogP contribution < -0.4 is 5.32 Å². The van der Waals surface area contributed by atoms with Crippen LogP contribution in [0.4, 0.5) is 5.69 Å². The first-order valence-electron chi connectivity index (χ1n) is 7.71. The molecule has 2 aromatic carbocycles. The van der Waals surface area contributed by atoms with Crippen molar-refractivity contribution in [3.8, 4) is 0 Å². The largest absolute Gasteiger partial charge is 0.325 e. The molecule has 0 unspecified atom stereocenters. The molecule has 0 bridgehead atoms. The summed E-state index contributed by atoms with van der Waals surface area (Å²) < 4.78 is 0. The molecule has 0 aliphatic heterocycles. The van der Waals surface area contributed by atoms with E-state index >= 15 is 0 Å². The summed E-state index contributed by atoms with van der Waals surface area (Å²) in [5.41, 5.74) is 3.20. The van der Waals surface area contributed by atoms with Crippen molar-refractivity contribution in [1.82, 2.24) is 0 Å². The van der Waals surface area contributed by atoms with Gasteiger partial charge in [-0.2, -0.15) is 0 Å². The van der Waals surface area contributed by atoms with Gasteiger partial charge in [-0.05, 0) is 55.2 Å². The minimum atomic E-state index is -0.184. The average molecular weight is 348 g/mol. The molecule has 1 N–H and O–H groups in total. The minimum absolute atomic E-state index is 0.0150. The lowest BCUT2D eigenvalue weighted by molar-refractivity contribution is -0.115. The molecule has 4 heteroatoms. The smallest absolute Gasteiger partial charge is 0.237 e. The van der Waals surface area contributed by atoms with Gasteiger partial charge < -0.3 is 5.32 Å².